The number of amidine groups is 1. The third kappa shape index (κ3) is 5.28. The largest absolute Gasteiger partial charge is 0.478 e. The van der Waals surface area contributed by atoms with E-state index in [1.807, 2.05) is 43.3 Å². The van der Waals surface area contributed by atoms with E-state index in [1.165, 1.54) is 24.3 Å². The average molecular weight is 439 g/mol. The molecule has 3 N–H and O–H groups in total. The van der Waals surface area contributed by atoms with Crippen molar-refractivity contribution < 1.29 is 19.5 Å². The number of carbonyl (C=O) groups is 3. The number of amides is 2. The van der Waals surface area contributed by atoms with Crippen molar-refractivity contribution >= 4 is 52.3 Å². The van der Waals surface area contributed by atoms with Gasteiger partial charge in [0.2, 0.25) is 11.8 Å². The van der Waals surface area contributed by atoms with Gasteiger partial charge in [-0.2, -0.15) is 5.10 Å². The Morgan fingerprint density at radius 3 is 2.39 bits per heavy atom. The maximum Gasteiger partial charge on any atom is 0.335 e. The Balaban J connectivity index is 1.63. The van der Waals surface area contributed by atoms with Crippen LogP contribution in [0.3, 0.4) is 0 Å². The molecule has 0 aliphatic carbocycles. The molecule has 1 aliphatic heterocycles. The first-order valence-corrected chi connectivity index (χ1v) is 10.1. The molecule has 9 nitrogen and oxygen atoms in total. The van der Waals surface area contributed by atoms with Crippen LogP contribution < -0.4 is 15.5 Å². The molecule has 1 heterocycles. The monoisotopic (exact) mass is 439 g/mol. The molecule has 2 amide bonds. The summed E-state index contributed by atoms with van der Waals surface area (Å²) in [5.74, 6) is -1.90. The van der Waals surface area contributed by atoms with Gasteiger partial charge in [0.15, 0.2) is 5.17 Å². The van der Waals surface area contributed by atoms with E-state index in [0.717, 1.165) is 27.9 Å². The fourth-order valence-corrected chi connectivity index (χ4v) is 3.72. The van der Waals surface area contributed by atoms with E-state index in [4.69, 9.17) is 10.8 Å². The minimum Gasteiger partial charge on any atom is -0.478 e. The van der Waals surface area contributed by atoms with Crippen LogP contribution in [0.1, 0.15) is 22.3 Å². The number of thioether (sulfide) groups is 1. The summed E-state index contributed by atoms with van der Waals surface area (Å²) in [7, 11) is 3.90. The van der Waals surface area contributed by atoms with Crippen molar-refractivity contribution in [3.63, 3.8) is 0 Å². The molecule has 0 saturated carbocycles. The Bertz CT molecular complexity index is 1050. The molecule has 2 aromatic carbocycles. The van der Waals surface area contributed by atoms with Crippen LogP contribution in [0, 0.1) is 0 Å². The Morgan fingerprint density at radius 1 is 1.16 bits per heavy atom. The van der Waals surface area contributed by atoms with Crippen molar-refractivity contribution in [2.75, 3.05) is 23.9 Å². The quantitative estimate of drug-likeness (QED) is 0.305. The Kier molecular flexibility index (Phi) is 6.71. The van der Waals surface area contributed by atoms with Gasteiger partial charge < -0.3 is 15.7 Å². The lowest BCUT2D eigenvalue weighted by atomic mass is 10.2. The van der Waals surface area contributed by atoms with Gasteiger partial charge in [0.25, 0.3) is 0 Å². The first-order valence-electron chi connectivity index (χ1n) is 9.27. The lowest BCUT2D eigenvalue weighted by Gasteiger charge is -2.14. The average Bonchev–Trinajstić information content (AvgIpc) is 3.01. The van der Waals surface area contributed by atoms with Crippen molar-refractivity contribution in [1.29, 1.82) is 0 Å². The first kappa shape index (κ1) is 22.0. The Morgan fingerprint density at radius 2 is 1.81 bits per heavy atom. The van der Waals surface area contributed by atoms with Crippen molar-refractivity contribution in [3.8, 4) is 0 Å². The van der Waals surface area contributed by atoms with Crippen LogP contribution in [-0.4, -0.2) is 53.6 Å². The molecule has 1 fully saturated rings. The number of benzene rings is 2. The predicted molar refractivity (Wildman–Crippen MR) is 122 cm³/mol. The highest BCUT2D eigenvalue weighted by molar-refractivity contribution is 8.14. The third-order valence-electron chi connectivity index (χ3n) is 4.51. The summed E-state index contributed by atoms with van der Waals surface area (Å²) in [5.41, 5.74) is 8.16. The van der Waals surface area contributed by atoms with E-state index in [0.29, 0.717) is 5.69 Å². The number of aromatic carboxylic acids is 1. The van der Waals surface area contributed by atoms with Crippen LogP contribution >= 0.6 is 11.8 Å². The molecule has 31 heavy (non-hydrogen) atoms. The molecule has 3 rings (SSSR count). The maximum absolute atomic E-state index is 12.7. The summed E-state index contributed by atoms with van der Waals surface area (Å²) in [6, 6.07) is 13.2. The van der Waals surface area contributed by atoms with Crippen molar-refractivity contribution in [2.45, 2.75) is 11.7 Å². The summed E-state index contributed by atoms with van der Waals surface area (Å²) >= 11 is 0.968. The molecular formula is C21H21N5O4S. The summed E-state index contributed by atoms with van der Waals surface area (Å²) in [4.78, 5) is 39.0. The van der Waals surface area contributed by atoms with Gasteiger partial charge >= 0.3 is 5.97 Å². The van der Waals surface area contributed by atoms with Crippen molar-refractivity contribution in [2.24, 2.45) is 15.9 Å². The second-order valence-electron chi connectivity index (χ2n) is 6.90. The summed E-state index contributed by atoms with van der Waals surface area (Å²) in [6.45, 7) is 0. The van der Waals surface area contributed by atoms with Gasteiger partial charge in [-0.25, -0.2) is 9.69 Å². The summed E-state index contributed by atoms with van der Waals surface area (Å²) in [5, 5.41) is 16.2. The van der Waals surface area contributed by atoms with Crippen LogP contribution in [0.25, 0.3) is 0 Å². The fraction of sp³-hybridized carbons (Fsp3) is 0.190. The van der Waals surface area contributed by atoms with E-state index in [1.54, 1.807) is 6.21 Å². The number of nitrogens with two attached hydrogens (primary N) is 1. The van der Waals surface area contributed by atoms with E-state index in [2.05, 4.69) is 10.2 Å². The van der Waals surface area contributed by atoms with Gasteiger partial charge in [-0.15, -0.1) is 5.10 Å². The number of imide groups is 1. The molecular weight excluding hydrogens is 418 g/mol. The molecule has 160 valence electrons. The van der Waals surface area contributed by atoms with Crippen LogP contribution in [-0.2, 0) is 9.59 Å². The molecule has 0 spiro atoms. The molecule has 1 atom stereocenters. The highest BCUT2D eigenvalue weighted by Gasteiger charge is 2.40. The normalized spacial score (nSPS) is 16.9. The number of carboxylic acids is 1. The standard InChI is InChI=1S/C21H21N5O4S/c1-25(2)15-7-3-13(4-8-15)12-23-24-21(22)31-17-11-18(27)26(19(17)28)16-9-5-14(6-10-16)20(29)30/h3-10,12,17H,11H2,1-2H3,(H2,22,24)(H,29,30)/b23-12+. The molecule has 0 radical (unpaired) electrons. The molecule has 0 aromatic heterocycles. The van der Waals surface area contributed by atoms with Crippen LogP contribution in [0.4, 0.5) is 11.4 Å². The van der Waals surface area contributed by atoms with Gasteiger partial charge in [0, 0.05) is 26.2 Å². The molecule has 10 heteroatoms. The number of hydrogen-bond donors (Lipinski definition) is 2. The molecule has 0 bridgehead atoms. The SMILES string of the molecule is CN(C)c1ccc(/C=N/N=C(\N)SC2CC(=O)N(c3ccc(C(=O)O)cc3)C2=O)cc1. The number of carbonyl (C=O) groups excluding carboxylic acids is 2. The summed E-state index contributed by atoms with van der Waals surface area (Å²) < 4.78 is 0. The van der Waals surface area contributed by atoms with Crippen molar-refractivity contribution in [3.05, 3.63) is 59.7 Å². The van der Waals surface area contributed by atoms with E-state index < -0.39 is 17.1 Å². The fourth-order valence-electron chi connectivity index (χ4n) is 2.90. The maximum atomic E-state index is 12.7. The van der Waals surface area contributed by atoms with Gasteiger partial charge in [-0.05, 0) is 42.0 Å². The van der Waals surface area contributed by atoms with E-state index in [-0.39, 0.29) is 23.1 Å². The number of nitrogens with zero attached hydrogens (tertiary/aromatic N) is 4. The van der Waals surface area contributed by atoms with Crippen molar-refractivity contribution in [1.82, 2.24) is 0 Å². The second kappa shape index (κ2) is 9.43. The number of hydrogen-bond acceptors (Lipinski definition) is 7. The minimum atomic E-state index is -1.09. The van der Waals surface area contributed by atoms with E-state index in [9.17, 15) is 14.4 Å². The second-order valence-corrected chi connectivity index (χ2v) is 8.12. The third-order valence-corrected chi connectivity index (χ3v) is 5.49. The zero-order valence-corrected chi connectivity index (χ0v) is 17.7. The van der Waals surface area contributed by atoms with Gasteiger partial charge in [0.1, 0.15) is 5.25 Å². The minimum absolute atomic E-state index is 0.0316. The van der Waals surface area contributed by atoms with Gasteiger partial charge in [-0.1, -0.05) is 23.9 Å². The lowest BCUT2D eigenvalue weighted by Crippen LogP contribution is -2.31. The number of carboxylic acid groups (broad SMARTS) is 1. The topological polar surface area (TPSA) is 129 Å². The van der Waals surface area contributed by atoms with Gasteiger partial charge in [0.05, 0.1) is 17.5 Å². The van der Waals surface area contributed by atoms with E-state index >= 15 is 0 Å². The molecule has 1 aliphatic rings. The Hall–Kier alpha value is -3.66. The number of anilines is 2. The summed E-state index contributed by atoms with van der Waals surface area (Å²) in [6.07, 6.45) is 1.51. The Labute approximate surface area is 183 Å². The molecule has 1 saturated heterocycles. The van der Waals surface area contributed by atoms with Crippen LogP contribution in [0.5, 0.6) is 0 Å². The smallest absolute Gasteiger partial charge is 0.335 e. The predicted octanol–water partition coefficient (Wildman–Crippen LogP) is 2.16. The lowest BCUT2D eigenvalue weighted by molar-refractivity contribution is -0.121. The molecule has 1 unspecified atom stereocenters. The highest BCUT2D eigenvalue weighted by atomic mass is 32.2. The van der Waals surface area contributed by atoms with Crippen LogP contribution in [0.15, 0.2) is 58.7 Å². The highest BCUT2D eigenvalue weighted by Crippen LogP contribution is 2.30. The van der Waals surface area contributed by atoms with Crippen LogP contribution in [0.2, 0.25) is 0 Å². The number of rotatable bonds is 6. The zero-order valence-electron chi connectivity index (χ0n) is 16.9. The molecule has 2 aromatic rings. The zero-order chi connectivity index (χ0) is 22.5. The first-order chi connectivity index (χ1) is 14.8. The van der Waals surface area contributed by atoms with Gasteiger partial charge in [-0.3, -0.25) is 9.59 Å².